The van der Waals surface area contributed by atoms with Crippen molar-refractivity contribution >= 4 is 0 Å². The number of nitrogens with one attached hydrogen (secondary N) is 1. The van der Waals surface area contributed by atoms with E-state index >= 15 is 0 Å². The van der Waals surface area contributed by atoms with Gasteiger partial charge in [-0.2, -0.15) is 0 Å². The van der Waals surface area contributed by atoms with Crippen molar-refractivity contribution < 1.29 is 0 Å². The third-order valence-electron chi connectivity index (χ3n) is 7.11. The normalized spacial score (nSPS) is 38.4. The number of nitrogens with zero attached hydrogens (tertiary/aromatic N) is 3. The predicted octanol–water partition coefficient (Wildman–Crippen LogP) is 2.68. The van der Waals surface area contributed by atoms with E-state index in [1.165, 1.54) is 37.7 Å². The summed E-state index contributed by atoms with van der Waals surface area (Å²) in [5.74, 6) is 3.59. The van der Waals surface area contributed by atoms with E-state index in [1.807, 2.05) is 0 Å². The molecule has 2 aromatic rings. The predicted molar refractivity (Wildman–Crippen MR) is 91.0 cm³/mol. The topological polar surface area (TPSA) is 80.5 Å². The Balaban J connectivity index is 1.52. The SMILES string of the molecule is NC1C2CC3CC1CC(C(Cc1ccccc1)c1nnn[nH]1)(C3)C2. The van der Waals surface area contributed by atoms with Crippen molar-refractivity contribution in [3.8, 4) is 0 Å². The summed E-state index contributed by atoms with van der Waals surface area (Å²) in [6.45, 7) is 0. The fourth-order valence-electron chi connectivity index (χ4n) is 6.32. The van der Waals surface area contributed by atoms with E-state index in [9.17, 15) is 0 Å². The lowest BCUT2D eigenvalue weighted by Crippen LogP contribution is -2.58. The minimum Gasteiger partial charge on any atom is -0.327 e. The molecule has 3 unspecified atom stereocenters. The van der Waals surface area contributed by atoms with Crippen LogP contribution in [-0.2, 0) is 6.42 Å². The fraction of sp³-hybridized carbons (Fsp3) is 0.632. The molecule has 24 heavy (non-hydrogen) atoms. The van der Waals surface area contributed by atoms with E-state index < -0.39 is 0 Å². The number of nitrogens with two attached hydrogens (primary N) is 1. The lowest BCUT2D eigenvalue weighted by atomic mass is 9.44. The molecule has 0 saturated heterocycles. The maximum absolute atomic E-state index is 6.55. The summed E-state index contributed by atoms with van der Waals surface area (Å²) in [4.78, 5) is 0. The highest BCUT2D eigenvalue weighted by Gasteiger charge is 2.57. The Bertz CT molecular complexity index is 682. The molecule has 3 N–H and O–H groups in total. The molecular formula is C19H25N5. The largest absolute Gasteiger partial charge is 0.327 e. The van der Waals surface area contributed by atoms with Gasteiger partial charge in [-0.15, -0.1) is 5.10 Å². The van der Waals surface area contributed by atoms with Crippen LogP contribution < -0.4 is 5.73 Å². The summed E-state index contributed by atoms with van der Waals surface area (Å²) in [6, 6.07) is 11.2. The van der Waals surface area contributed by atoms with Gasteiger partial charge in [0.05, 0.1) is 0 Å². The van der Waals surface area contributed by atoms with Crippen LogP contribution in [0.1, 0.15) is 49.4 Å². The molecule has 6 rings (SSSR count). The molecule has 4 saturated carbocycles. The zero-order valence-electron chi connectivity index (χ0n) is 13.9. The smallest absolute Gasteiger partial charge is 0.152 e. The average Bonchev–Trinajstić information content (AvgIpc) is 3.11. The lowest BCUT2D eigenvalue weighted by Gasteiger charge is -2.61. The van der Waals surface area contributed by atoms with E-state index in [4.69, 9.17) is 5.73 Å². The third-order valence-corrected chi connectivity index (χ3v) is 7.11. The van der Waals surface area contributed by atoms with Crippen LogP contribution >= 0.6 is 0 Å². The highest BCUT2D eigenvalue weighted by molar-refractivity contribution is 5.21. The van der Waals surface area contributed by atoms with Crippen molar-refractivity contribution in [2.24, 2.45) is 28.9 Å². The van der Waals surface area contributed by atoms with Gasteiger partial charge in [0, 0.05) is 12.0 Å². The van der Waals surface area contributed by atoms with Crippen LogP contribution in [0.3, 0.4) is 0 Å². The molecular weight excluding hydrogens is 298 g/mol. The van der Waals surface area contributed by atoms with Crippen LogP contribution in [0.5, 0.6) is 0 Å². The standard InChI is InChI=1S/C19H25N5/c20-17-14-6-13-7-15(17)11-19(9-13,10-14)16(18-21-23-24-22-18)8-12-4-2-1-3-5-12/h1-5,13-17H,6-11,20H2,(H,21,22,23,24). The quantitative estimate of drug-likeness (QED) is 0.906. The van der Waals surface area contributed by atoms with E-state index in [0.29, 0.717) is 29.2 Å². The van der Waals surface area contributed by atoms with Crippen molar-refractivity contribution in [3.63, 3.8) is 0 Å². The first-order chi connectivity index (χ1) is 11.7. The minimum atomic E-state index is 0.323. The van der Waals surface area contributed by atoms with Crippen molar-refractivity contribution in [1.82, 2.24) is 20.6 Å². The molecule has 1 aromatic heterocycles. The Morgan fingerprint density at radius 1 is 1.12 bits per heavy atom. The molecule has 4 aliphatic carbocycles. The van der Waals surface area contributed by atoms with E-state index in [1.54, 1.807) is 0 Å². The van der Waals surface area contributed by atoms with E-state index in [2.05, 4.69) is 51.0 Å². The van der Waals surface area contributed by atoms with Gasteiger partial charge < -0.3 is 5.73 Å². The first-order valence-electron chi connectivity index (χ1n) is 9.27. The Hall–Kier alpha value is -1.75. The Morgan fingerprint density at radius 2 is 1.88 bits per heavy atom. The Morgan fingerprint density at radius 3 is 2.54 bits per heavy atom. The van der Waals surface area contributed by atoms with E-state index in [0.717, 1.165) is 18.2 Å². The first-order valence-corrected chi connectivity index (χ1v) is 9.27. The maximum Gasteiger partial charge on any atom is 0.152 e. The first kappa shape index (κ1) is 14.6. The third kappa shape index (κ3) is 2.21. The van der Waals surface area contributed by atoms with Crippen molar-refractivity contribution in [2.45, 2.75) is 50.5 Å². The van der Waals surface area contributed by atoms with Crippen LogP contribution in [0.25, 0.3) is 0 Å². The van der Waals surface area contributed by atoms with Gasteiger partial charge in [0.25, 0.3) is 0 Å². The molecule has 0 radical (unpaired) electrons. The number of aromatic amines is 1. The minimum absolute atomic E-state index is 0.323. The second-order valence-electron chi connectivity index (χ2n) is 8.44. The molecule has 0 spiro atoms. The maximum atomic E-state index is 6.55. The molecule has 4 fully saturated rings. The highest BCUT2D eigenvalue weighted by atomic mass is 15.5. The van der Waals surface area contributed by atoms with Crippen LogP contribution in [0, 0.1) is 23.2 Å². The van der Waals surface area contributed by atoms with Gasteiger partial charge in [-0.25, -0.2) is 5.10 Å². The average molecular weight is 323 g/mol. The molecule has 4 aliphatic rings. The summed E-state index contributed by atoms with van der Waals surface area (Å²) in [5.41, 5.74) is 8.25. The molecule has 1 aromatic carbocycles. The number of rotatable bonds is 4. The molecule has 0 amide bonds. The highest BCUT2D eigenvalue weighted by Crippen LogP contribution is 2.64. The summed E-state index contributed by atoms with van der Waals surface area (Å²) >= 11 is 0. The monoisotopic (exact) mass is 323 g/mol. The summed E-state index contributed by atoms with van der Waals surface area (Å²) in [6.07, 6.45) is 7.51. The number of aromatic nitrogens is 4. The molecule has 126 valence electrons. The Kier molecular flexibility index (Phi) is 3.27. The second kappa shape index (κ2) is 5.38. The Labute approximate surface area is 142 Å². The van der Waals surface area contributed by atoms with Gasteiger partial charge >= 0.3 is 0 Å². The van der Waals surface area contributed by atoms with Gasteiger partial charge in [-0.1, -0.05) is 30.3 Å². The van der Waals surface area contributed by atoms with Gasteiger partial charge in [0.15, 0.2) is 5.82 Å². The van der Waals surface area contributed by atoms with Gasteiger partial charge in [0.2, 0.25) is 0 Å². The fourth-order valence-corrected chi connectivity index (χ4v) is 6.32. The van der Waals surface area contributed by atoms with Crippen LogP contribution in [0.15, 0.2) is 30.3 Å². The number of H-pyrrole nitrogens is 1. The number of hydrogen-bond donors (Lipinski definition) is 2. The second-order valence-corrected chi connectivity index (χ2v) is 8.44. The molecule has 0 aliphatic heterocycles. The lowest BCUT2D eigenvalue weighted by molar-refractivity contribution is -0.0828. The molecule has 3 atom stereocenters. The van der Waals surface area contributed by atoms with Gasteiger partial charge in [-0.3, -0.25) is 0 Å². The van der Waals surface area contributed by atoms with Gasteiger partial charge in [0.1, 0.15) is 0 Å². The van der Waals surface area contributed by atoms with Crippen molar-refractivity contribution in [3.05, 3.63) is 41.7 Å². The summed E-state index contributed by atoms with van der Waals surface area (Å²) in [5, 5.41) is 15.2. The van der Waals surface area contributed by atoms with Crippen LogP contribution in [-0.4, -0.2) is 26.7 Å². The van der Waals surface area contributed by atoms with Crippen molar-refractivity contribution in [1.29, 1.82) is 0 Å². The number of benzene rings is 1. The zero-order chi connectivity index (χ0) is 16.1. The zero-order valence-corrected chi connectivity index (χ0v) is 13.9. The molecule has 5 heteroatoms. The number of hydrogen-bond acceptors (Lipinski definition) is 4. The number of tetrazole rings is 1. The van der Waals surface area contributed by atoms with Gasteiger partial charge in [-0.05, 0) is 77.7 Å². The molecule has 4 bridgehead atoms. The van der Waals surface area contributed by atoms with Crippen LogP contribution in [0.2, 0.25) is 0 Å². The van der Waals surface area contributed by atoms with Crippen LogP contribution in [0.4, 0.5) is 0 Å². The molecule has 1 heterocycles. The summed E-state index contributed by atoms with van der Waals surface area (Å²) in [7, 11) is 0. The van der Waals surface area contributed by atoms with E-state index in [-0.39, 0.29) is 0 Å². The molecule has 5 nitrogen and oxygen atoms in total. The summed E-state index contributed by atoms with van der Waals surface area (Å²) < 4.78 is 0. The van der Waals surface area contributed by atoms with Crippen molar-refractivity contribution in [2.75, 3.05) is 0 Å².